The first-order valence-electron chi connectivity index (χ1n) is 6.99. The second-order valence-electron chi connectivity index (χ2n) is 5.52. The number of nitrogens with one attached hydrogen (secondary N) is 1. The number of nitrogens with zero attached hydrogens (tertiary/aromatic N) is 1. The van der Waals surface area contributed by atoms with Crippen LogP contribution < -0.4 is 5.32 Å². The number of halogens is 1. The van der Waals surface area contributed by atoms with Gasteiger partial charge in [-0.3, -0.25) is 9.59 Å². The molecule has 0 radical (unpaired) electrons. The molecule has 2 amide bonds. The fourth-order valence-electron chi connectivity index (χ4n) is 2.54. The van der Waals surface area contributed by atoms with Crippen molar-refractivity contribution in [1.29, 1.82) is 0 Å². The molecule has 2 aliphatic rings. The molecule has 1 aromatic rings. The summed E-state index contributed by atoms with van der Waals surface area (Å²) in [6.07, 6.45) is 2.79. The van der Waals surface area contributed by atoms with E-state index in [4.69, 9.17) is 0 Å². The zero-order valence-electron chi connectivity index (χ0n) is 11.1. The number of benzene rings is 1. The Hall–Kier alpha value is -1.91. The van der Waals surface area contributed by atoms with Gasteiger partial charge in [0.05, 0.1) is 0 Å². The highest BCUT2D eigenvalue weighted by Crippen LogP contribution is 2.32. The van der Waals surface area contributed by atoms with Gasteiger partial charge in [-0.2, -0.15) is 0 Å². The number of carbonyl (C=O) groups is 2. The summed E-state index contributed by atoms with van der Waals surface area (Å²) in [7, 11) is 0. The molecule has 1 aromatic carbocycles. The van der Waals surface area contributed by atoms with E-state index in [2.05, 4.69) is 5.32 Å². The summed E-state index contributed by atoms with van der Waals surface area (Å²) in [6.45, 7) is 1.30. The standard InChI is InChI=1S/C15H17FN2O2/c16-12-5-3-10(4-6-12)14(19)17-13-7-8-18(9-13)15(20)11-1-2-11/h3-6,11,13H,1-2,7-9H2,(H,17,19). The third kappa shape index (κ3) is 2.81. The molecule has 0 bridgehead atoms. The van der Waals surface area contributed by atoms with Crippen molar-refractivity contribution in [2.75, 3.05) is 13.1 Å². The maximum atomic E-state index is 12.8. The highest BCUT2D eigenvalue weighted by Gasteiger charge is 2.36. The van der Waals surface area contributed by atoms with Crippen LogP contribution in [0.2, 0.25) is 0 Å². The van der Waals surface area contributed by atoms with Gasteiger partial charge in [0.25, 0.3) is 5.91 Å². The van der Waals surface area contributed by atoms with E-state index >= 15 is 0 Å². The second kappa shape index (κ2) is 5.23. The van der Waals surface area contributed by atoms with Gasteiger partial charge in [0.1, 0.15) is 5.82 Å². The van der Waals surface area contributed by atoms with Crippen LogP contribution in [-0.2, 0) is 4.79 Å². The zero-order valence-corrected chi connectivity index (χ0v) is 11.1. The molecule has 1 saturated heterocycles. The predicted octanol–water partition coefficient (Wildman–Crippen LogP) is 1.57. The first-order valence-corrected chi connectivity index (χ1v) is 6.99. The molecule has 1 aliphatic heterocycles. The van der Waals surface area contributed by atoms with Crippen LogP contribution in [0.4, 0.5) is 4.39 Å². The largest absolute Gasteiger partial charge is 0.347 e. The molecule has 1 N–H and O–H groups in total. The Morgan fingerprint density at radius 2 is 1.85 bits per heavy atom. The monoisotopic (exact) mass is 276 g/mol. The molecule has 106 valence electrons. The molecule has 1 unspecified atom stereocenters. The summed E-state index contributed by atoms with van der Waals surface area (Å²) in [5.74, 6) is -0.121. The summed E-state index contributed by atoms with van der Waals surface area (Å²) < 4.78 is 12.8. The third-order valence-corrected chi connectivity index (χ3v) is 3.87. The van der Waals surface area contributed by atoms with E-state index < -0.39 is 0 Å². The van der Waals surface area contributed by atoms with E-state index in [9.17, 15) is 14.0 Å². The summed E-state index contributed by atoms with van der Waals surface area (Å²) in [4.78, 5) is 25.8. The fraction of sp³-hybridized carbons (Fsp3) is 0.467. The third-order valence-electron chi connectivity index (χ3n) is 3.87. The van der Waals surface area contributed by atoms with E-state index in [0.717, 1.165) is 19.3 Å². The molecule has 1 saturated carbocycles. The topological polar surface area (TPSA) is 49.4 Å². The van der Waals surface area contributed by atoms with Gasteiger partial charge in [-0.05, 0) is 43.5 Å². The van der Waals surface area contributed by atoms with Gasteiger partial charge in [0.2, 0.25) is 5.91 Å². The van der Waals surface area contributed by atoms with Crippen molar-refractivity contribution in [2.45, 2.75) is 25.3 Å². The molecule has 3 rings (SSSR count). The van der Waals surface area contributed by atoms with Gasteiger partial charge in [0.15, 0.2) is 0 Å². The Morgan fingerprint density at radius 3 is 2.50 bits per heavy atom. The lowest BCUT2D eigenvalue weighted by molar-refractivity contribution is -0.131. The van der Waals surface area contributed by atoms with Gasteiger partial charge < -0.3 is 10.2 Å². The van der Waals surface area contributed by atoms with E-state index in [1.54, 1.807) is 0 Å². The fourth-order valence-corrected chi connectivity index (χ4v) is 2.54. The van der Waals surface area contributed by atoms with Crippen LogP contribution in [-0.4, -0.2) is 35.8 Å². The summed E-state index contributed by atoms with van der Waals surface area (Å²) in [6, 6.07) is 5.47. The van der Waals surface area contributed by atoms with Gasteiger partial charge >= 0.3 is 0 Å². The molecular formula is C15H17FN2O2. The average Bonchev–Trinajstić information content (AvgIpc) is 3.19. The lowest BCUT2D eigenvalue weighted by Crippen LogP contribution is -2.38. The molecule has 5 heteroatoms. The Balaban J connectivity index is 1.54. The predicted molar refractivity (Wildman–Crippen MR) is 71.6 cm³/mol. The average molecular weight is 276 g/mol. The quantitative estimate of drug-likeness (QED) is 0.911. The zero-order chi connectivity index (χ0) is 14.1. The van der Waals surface area contributed by atoms with E-state index in [1.807, 2.05) is 4.90 Å². The van der Waals surface area contributed by atoms with Gasteiger partial charge in [0, 0.05) is 30.6 Å². The minimum Gasteiger partial charge on any atom is -0.347 e. The molecule has 1 aliphatic carbocycles. The normalized spacial score (nSPS) is 21.9. The van der Waals surface area contributed by atoms with Gasteiger partial charge in [-0.1, -0.05) is 0 Å². The van der Waals surface area contributed by atoms with Crippen LogP contribution in [0.1, 0.15) is 29.6 Å². The van der Waals surface area contributed by atoms with Gasteiger partial charge in [-0.15, -0.1) is 0 Å². The van der Waals surface area contributed by atoms with Crippen molar-refractivity contribution in [1.82, 2.24) is 10.2 Å². The van der Waals surface area contributed by atoms with Gasteiger partial charge in [-0.25, -0.2) is 4.39 Å². The number of carbonyl (C=O) groups excluding carboxylic acids is 2. The lowest BCUT2D eigenvalue weighted by atomic mass is 10.2. The molecule has 1 atom stereocenters. The van der Waals surface area contributed by atoms with Crippen molar-refractivity contribution >= 4 is 11.8 Å². The summed E-state index contributed by atoms with van der Waals surface area (Å²) >= 11 is 0. The maximum absolute atomic E-state index is 12.8. The number of hydrogen-bond donors (Lipinski definition) is 1. The highest BCUT2D eigenvalue weighted by molar-refractivity contribution is 5.94. The van der Waals surface area contributed by atoms with Crippen molar-refractivity contribution in [3.63, 3.8) is 0 Å². The van der Waals surface area contributed by atoms with Crippen molar-refractivity contribution in [3.8, 4) is 0 Å². The van der Waals surface area contributed by atoms with Crippen molar-refractivity contribution in [3.05, 3.63) is 35.6 Å². The lowest BCUT2D eigenvalue weighted by Gasteiger charge is -2.16. The first kappa shape index (κ1) is 13.1. The number of rotatable bonds is 3. The van der Waals surface area contributed by atoms with Crippen LogP contribution in [0.25, 0.3) is 0 Å². The highest BCUT2D eigenvalue weighted by atomic mass is 19.1. The van der Waals surface area contributed by atoms with Crippen LogP contribution in [0.15, 0.2) is 24.3 Å². The van der Waals surface area contributed by atoms with Crippen molar-refractivity contribution in [2.24, 2.45) is 5.92 Å². The SMILES string of the molecule is O=C(NC1CCN(C(=O)C2CC2)C1)c1ccc(F)cc1. The number of likely N-dealkylation sites (tertiary alicyclic amines) is 1. The molecule has 4 nitrogen and oxygen atoms in total. The minimum atomic E-state index is -0.358. The molecular weight excluding hydrogens is 259 g/mol. The smallest absolute Gasteiger partial charge is 0.251 e. The molecule has 1 heterocycles. The van der Waals surface area contributed by atoms with E-state index in [-0.39, 0.29) is 29.6 Å². The summed E-state index contributed by atoms with van der Waals surface area (Å²) in [5, 5.41) is 2.90. The molecule has 2 fully saturated rings. The number of hydrogen-bond acceptors (Lipinski definition) is 2. The Morgan fingerprint density at radius 1 is 1.15 bits per heavy atom. The Kier molecular flexibility index (Phi) is 3.42. The number of amides is 2. The van der Waals surface area contributed by atoms with E-state index in [0.29, 0.717) is 18.7 Å². The second-order valence-corrected chi connectivity index (χ2v) is 5.52. The molecule has 0 spiro atoms. The molecule has 20 heavy (non-hydrogen) atoms. The van der Waals surface area contributed by atoms with Crippen LogP contribution in [0.5, 0.6) is 0 Å². The van der Waals surface area contributed by atoms with Crippen molar-refractivity contribution < 1.29 is 14.0 Å². The molecule has 0 aromatic heterocycles. The Bertz CT molecular complexity index is 525. The summed E-state index contributed by atoms with van der Waals surface area (Å²) in [5.41, 5.74) is 0.443. The first-order chi connectivity index (χ1) is 9.63. The minimum absolute atomic E-state index is 0.00440. The van der Waals surface area contributed by atoms with E-state index in [1.165, 1.54) is 24.3 Å². The van der Waals surface area contributed by atoms with Crippen LogP contribution in [0, 0.1) is 11.7 Å². The van der Waals surface area contributed by atoms with Crippen LogP contribution >= 0.6 is 0 Å². The Labute approximate surface area is 117 Å². The van der Waals surface area contributed by atoms with Crippen LogP contribution in [0.3, 0.4) is 0 Å². The maximum Gasteiger partial charge on any atom is 0.251 e.